The Morgan fingerprint density at radius 2 is 1.89 bits per heavy atom. The van der Waals surface area contributed by atoms with Crippen molar-refractivity contribution < 1.29 is 0 Å². The molecule has 0 bridgehead atoms. The highest BCUT2D eigenvalue weighted by Gasteiger charge is 2.16. The number of nitrogens with zero attached hydrogens (tertiary/aromatic N) is 4. The average Bonchev–Trinajstić information content (AvgIpc) is 2.60. The SMILES string of the molecule is Clc1ccc2nnc(CC3CCCCCC3)n2n1. The number of rotatable bonds is 2. The topological polar surface area (TPSA) is 43.1 Å². The minimum absolute atomic E-state index is 0.490. The summed E-state index contributed by atoms with van der Waals surface area (Å²) in [7, 11) is 0. The van der Waals surface area contributed by atoms with Crippen LogP contribution in [0, 0.1) is 5.92 Å². The van der Waals surface area contributed by atoms with Gasteiger partial charge >= 0.3 is 0 Å². The van der Waals surface area contributed by atoms with Gasteiger partial charge in [0.2, 0.25) is 0 Å². The molecule has 0 saturated heterocycles. The second-order valence-electron chi connectivity index (χ2n) is 5.10. The molecule has 3 rings (SSSR count). The third kappa shape index (κ3) is 2.48. The lowest BCUT2D eigenvalue weighted by Gasteiger charge is -2.11. The van der Waals surface area contributed by atoms with Gasteiger partial charge in [0.25, 0.3) is 0 Å². The van der Waals surface area contributed by atoms with Gasteiger partial charge in [0.05, 0.1) is 0 Å². The normalized spacial score (nSPS) is 18.1. The van der Waals surface area contributed by atoms with E-state index in [0.717, 1.165) is 23.8 Å². The van der Waals surface area contributed by atoms with Gasteiger partial charge in [-0.1, -0.05) is 50.1 Å². The van der Waals surface area contributed by atoms with Crippen molar-refractivity contribution in [2.75, 3.05) is 0 Å². The van der Waals surface area contributed by atoms with Gasteiger partial charge in [-0.3, -0.25) is 0 Å². The molecule has 0 atom stereocenters. The number of halogens is 1. The Kier molecular flexibility index (Phi) is 3.46. The van der Waals surface area contributed by atoms with Crippen LogP contribution in [0.4, 0.5) is 0 Å². The molecule has 0 aliphatic heterocycles. The first-order valence-corrected chi connectivity index (χ1v) is 7.07. The maximum absolute atomic E-state index is 5.93. The highest BCUT2D eigenvalue weighted by Crippen LogP contribution is 2.25. The van der Waals surface area contributed by atoms with E-state index < -0.39 is 0 Å². The van der Waals surface area contributed by atoms with Crippen LogP contribution in [0.2, 0.25) is 5.15 Å². The highest BCUT2D eigenvalue weighted by molar-refractivity contribution is 6.29. The van der Waals surface area contributed by atoms with E-state index in [0.29, 0.717) is 5.15 Å². The first-order chi connectivity index (χ1) is 8.83. The monoisotopic (exact) mass is 264 g/mol. The number of aromatic nitrogens is 4. The highest BCUT2D eigenvalue weighted by atomic mass is 35.5. The zero-order chi connectivity index (χ0) is 12.4. The summed E-state index contributed by atoms with van der Waals surface area (Å²) in [5, 5.41) is 13.2. The molecule has 0 amide bonds. The standard InChI is InChI=1S/C13H17ClN4/c14-11-7-8-12-15-16-13(18(12)17-11)9-10-5-3-1-2-4-6-10/h7-8,10H,1-6,9H2. The van der Waals surface area contributed by atoms with E-state index in [2.05, 4.69) is 15.3 Å². The molecule has 1 saturated carbocycles. The fraction of sp³-hybridized carbons (Fsp3) is 0.615. The Labute approximate surface area is 111 Å². The van der Waals surface area contributed by atoms with Crippen molar-refractivity contribution in [2.45, 2.75) is 44.9 Å². The van der Waals surface area contributed by atoms with Gasteiger partial charge in [-0.25, -0.2) is 0 Å². The van der Waals surface area contributed by atoms with Gasteiger partial charge in [0.15, 0.2) is 11.5 Å². The van der Waals surface area contributed by atoms with Crippen molar-refractivity contribution in [3.63, 3.8) is 0 Å². The zero-order valence-electron chi connectivity index (χ0n) is 10.3. The Hall–Kier alpha value is -1.16. The van der Waals surface area contributed by atoms with Crippen LogP contribution in [-0.4, -0.2) is 19.8 Å². The van der Waals surface area contributed by atoms with Gasteiger partial charge < -0.3 is 0 Å². The predicted octanol–water partition coefficient (Wildman–Crippen LogP) is 3.29. The van der Waals surface area contributed by atoms with Crippen LogP contribution in [0.25, 0.3) is 5.65 Å². The smallest absolute Gasteiger partial charge is 0.178 e. The second-order valence-corrected chi connectivity index (χ2v) is 5.49. The molecular weight excluding hydrogens is 248 g/mol. The molecule has 2 aromatic heterocycles. The summed E-state index contributed by atoms with van der Waals surface area (Å²) in [5.74, 6) is 1.67. The summed E-state index contributed by atoms with van der Waals surface area (Å²) < 4.78 is 1.78. The Balaban J connectivity index is 1.83. The molecule has 1 aliphatic rings. The van der Waals surface area contributed by atoms with Crippen molar-refractivity contribution >= 4 is 17.2 Å². The van der Waals surface area contributed by atoms with Gasteiger partial charge in [-0.05, 0) is 18.1 Å². The fourth-order valence-electron chi connectivity index (χ4n) is 2.76. The lowest BCUT2D eigenvalue weighted by Crippen LogP contribution is -2.08. The molecule has 0 aromatic carbocycles. The van der Waals surface area contributed by atoms with E-state index in [1.54, 1.807) is 10.6 Å². The molecule has 4 nitrogen and oxygen atoms in total. The zero-order valence-corrected chi connectivity index (χ0v) is 11.1. The molecule has 5 heteroatoms. The summed E-state index contributed by atoms with van der Waals surface area (Å²) in [6, 6.07) is 3.61. The molecule has 0 unspecified atom stereocenters. The van der Waals surface area contributed by atoms with Gasteiger partial charge in [0.1, 0.15) is 5.15 Å². The molecule has 0 radical (unpaired) electrons. The van der Waals surface area contributed by atoms with E-state index >= 15 is 0 Å². The van der Waals surface area contributed by atoms with Crippen molar-refractivity contribution in [1.82, 2.24) is 19.8 Å². The van der Waals surface area contributed by atoms with Crippen LogP contribution >= 0.6 is 11.6 Å². The predicted molar refractivity (Wildman–Crippen MR) is 70.7 cm³/mol. The van der Waals surface area contributed by atoms with E-state index in [1.807, 2.05) is 6.07 Å². The minimum Gasteiger partial charge on any atom is -0.196 e. The molecular formula is C13H17ClN4. The van der Waals surface area contributed by atoms with Crippen molar-refractivity contribution in [3.05, 3.63) is 23.1 Å². The largest absolute Gasteiger partial charge is 0.196 e. The minimum atomic E-state index is 0.490. The van der Waals surface area contributed by atoms with Crippen LogP contribution in [0.5, 0.6) is 0 Å². The summed E-state index contributed by atoms with van der Waals surface area (Å²) >= 11 is 5.93. The van der Waals surface area contributed by atoms with Crippen LogP contribution in [0.1, 0.15) is 44.3 Å². The fourth-order valence-corrected chi connectivity index (χ4v) is 2.90. The van der Waals surface area contributed by atoms with Crippen LogP contribution in [0.3, 0.4) is 0 Å². The number of fused-ring (bicyclic) bond motifs is 1. The van der Waals surface area contributed by atoms with E-state index in [-0.39, 0.29) is 0 Å². The molecule has 2 heterocycles. The molecule has 18 heavy (non-hydrogen) atoms. The van der Waals surface area contributed by atoms with Gasteiger partial charge in [0, 0.05) is 6.42 Å². The van der Waals surface area contributed by atoms with Crippen LogP contribution in [0.15, 0.2) is 12.1 Å². The van der Waals surface area contributed by atoms with Crippen molar-refractivity contribution in [2.24, 2.45) is 5.92 Å². The lowest BCUT2D eigenvalue weighted by molar-refractivity contribution is 0.444. The molecule has 1 fully saturated rings. The van der Waals surface area contributed by atoms with E-state index in [9.17, 15) is 0 Å². The summed E-state index contributed by atoms with van der Waals surface area (Å²) in [5.41, 5.74) is 0.781. The lowest BCUT2D eigenvalue weighted by atomic mass is 9.96. The van der Waals surface area contributed by atoms with Crippen molar-refractivity contribution in [1.29, 1.82) is 0 Å². The molecule has 0 spiro atoms. The summed E-state index contributed by atoms with van der Waals surface area (Å²) in [6.07, 6.45) is 9.01. The molecule has 0 N–H and O–H groups in total. The quantitative estimate of drug-likeness (QED) is 0.782. The summed E-state index contributed by atoms with van der Waals surface area (Å²) in [4.78, 5) is 0. The molecule has 96 valence electrons. The second kappa shape index (κ2) is 5.22. The van der Waals surface area contributed by atoms with E-state index in [1.165, 1.54) is 38.5 Å². The Morgan fingerprint density at radius 1 is 1.11 bits per heavy atom. The third-order valence-electron chi connectivity index (χ3n) is 3.74. The maximum atomic E-state index is 5.93. The van der Waals surface area contributed by atoms with Gasteiger partial charge in [-0.2, -0.15) is 9.61 Å². The average molecular weight is 265 g/mol. The number of hydrogen-bond donors (Lipinski definition) is 0. The Bertz CT molecular complexity index is 529. The number of hydrogen-bond acceptors (Lipinski definition) is 3. The Morgan fingerprint density at radius 3 is 2.67 bits per heavy atom. The molecule has 2 aromatic rings. The third-order valence-corrected chi connectivity index (χ3v) is 3.94. The maximum Gasteiger partial charge on any atom is 0.178 e. The van der Waals surface area contributed by atoms with Crippen LogP contribution in [-0.2, 0) is 6.42 Å². The summed E-state index contributed by atoms with van der Waals surface area (Å²) in [6.45, 7) is 0. The first kappa shape index (κ1) is 11.9. The first-order valence-electron chi connectivity index (χ1n) is 6.70. The van der Waals surface area contributed by atoms with E-state index in [4.69, 9.17) is 11.6 Å². The van der Waals surface area contributed by atoms with Crippen LogP contribution < -0.4 is 0 Å². The van der Waals surface area contributed by atoms with Gasteiger partial charge in [-0.15, -0.1) is 10.2 Å². The molecule has 1 aliphatic carbocycles. The van der Waals surface area contributed by atoms with Crippen molar-refractivity contribution in [3.8, 4) is 0 Å².